The summed E-state index contributed by atoms with van der Waals surface area (Å²) in [5.41, 5.74) is 2.95. The highest BCUT2D eigenvalue weighted by molar-refractivity contribution is 6.00. The quantitative estimate of drug-likeness (QED) is 0.635. The topological polar surface area (TPSA) is 87.5 Å². The maximum absolute atomic E-state index is 13.6. The van der Waals surface area contributed by atoms with Crippen LogP contribution >= 0.6 is 0 Å². The van der Waals surface area contributed by atoms with Crippen molar-refractivity contribution < 1.29 is 19.1 Å². The molecule has 1 aromatic heterocycles. The lowest BCUT2D eigenvalue weighted by Gasteiger charge is -2.20. The van der Waals surface area contributed by atoms with Gasteiger partial charge in [0.1, 0.15) is 17.2 Å². The number of benzene rings is 2. The van der Waals surface area contributed by atoms with Crippen molar-refractivity contribution >= 4 is 17.7 Å². The number of carboxylic acid groups (broad SMARTS) is 1. The van der Waals surface area contributed by atoms with E-state index in [0.717, 1.165) is 16.9 Å². The number of rotatable bonds is 6. The summed E-state index contributed by atoms with van der Waals surface area (Å²) in [5.74, 6) is -0.804. The summed E-state index contributed by atoms with van der Waals surface area (Å²) in [7, 11) is 0. The first-order valence-corrected chi connectivity index (χ1v) is 10.0. The molecule has 3 aromatic rings. The highest BCUT2D eigenvalue weighted by Crippen LogP contribution is 2.30. The van der Waals surface area contributed by atoms with Gasteiger partial charge in [-0.25, -0.2) is 13.9 Å². The molecular weight excluding hydrogens is 399 g/mol. The Bertz CT molecular complexity index is 1140. The second kappa shape index (κ2) is 8.22. The number of aromatic nitrogens is 2. The van der Waals surface area contributed by atoms with Gasteiger partial charge in [0.2, 0.25) is 0 Å². The lowest BCUT2D eigenvalue weighted by atomic mass is 10.1. The minimum atomic E-state index is -0.993. The SMILES string of the molecule is Cc1nn2c(c1C(=O)N[C@@H](C)c1ccc(C(=O)O)cc1)N(Cc1cccc(F)c1)CC2. The molecule has 1 aliphatic heterocycles. The van der Waals surface area contributed by atoms with E-state index in [1.165, 1.54) is 24.3 Å². The molecule has 0 unspecified atom stereocenters. The lowest BCUT2D eigenvalue weighted by molar-refractivity contribution is 0.0696. The van der Waals surface area contributed by atoms with Crippen LogP contribution in [0, 0.1) is 12.7 Å². The summed E-state index contributed by atoms with van der Waals surface area (Å²) >= 11 is 0. The summed E-state index contributed by atoms with van der Waals surface area (Å²) in [5, 5.41) is 16.5. The molecule has 4 rings (SSSR count). The number of aromatic carboxylic acids is 1. The molecule has 1 amide bonds. The van der Waals surface area contributed by atoms with Crippen molar-refractivity contribution in [2.45, 2.75) is 33.0 Å². The minimum absolute atomic E-state index is 0.195. The van der Waals surface area contributed by atoms with Crippen LogP contribution in [0.4, 0.5) is 10.2 Å². The molecule has 1 aliphatic rings. The van der Waals surface area contributed by atoms with Crippen molar-refractivity contribution in [3.8, 4) is 0 Å². The molecule has 7 nitrogen and oxygen atoms in total. The van der Waals surface area contributed by atoms with E-state index in [4.69, 9.17) is 5.11 Å². The van der Waals surface area contributed by atoms with E-state index >= 15 is 0 Å². The maximum Gasteiger partial charge on any atom is 0.335 e. The second-order valence-corrected chi connectivity index (χ2v) is 7.68. The molecule has 0 aliphatic carbocycles. The monoisotopic (exact) mass is 422 g/mol. The van der Waals surface area contributed by atoms with Crippen molar-refractivity contribution in [1.82, 2.24) is 15.1 Å². The van der Waals surface area contributed by atoms with Crippen molar-refractivity contribution in [3.63, 3.8) is 0 Å². The molecular formula is C23H23FN4O3. The number of hydrogen-bond donors (Lipinski definition) is 2. The maximum atomic E-state index is 13.6. The number of amides is 1. The van der Waals surface area contributed by atoms with E-state index in [0.29, 0.717) is 30.9 Å². The standard InChI is InChI=1S/C23H23FN4O3/c1-14(17-6-8-18(9-7-17)23(30)31)25-21(29)20-15(2)26-28-11-10-27(22(20)28)13-16-4-3-5-19(24)12-16/h3-9,12,14H,10-11,13H2,1-2H3,(H,25,29)(H,30,31)/t14-/m0/s1. The van der Waals surface area contributed by atoms with Gasteiger partial charge in [-0.2, -0.15) is 5.10 Å². The first-order valence-electron chi connectivity index (χ1n) is 10.0. The fourth-order valence-electron chi connectivity index (χ4n) is 3.91. The summed E-state index contributed by atoms with van der Waals surface area (Å²) in [4.78, 5) is 26.2. The Morgan fingerprint density at radius 3 is 2.61 bits per heavy atom. The van der Waals surface area contributed by atoms with E-state index in [1.54, 1.807) is 25.1 Å². The lowest BCUT2D eigenvalue weighted by Crippen LogP contribution is -2.29. The van der Waals surface area contributed by atoms with Gasteiger partial charge < -0.3 is 15.3 Å². The summed E-state index contributed by atoms with van der Waals surface area (Å²) in [6, 6.07) is 12.5. The van der Waals surface area contributed by atoms with Crippen LogP contribution in [0.1, 0.15) is 50.5 Å². The number of carbonyl (C=O) groups is 2. The molecule has 0 radical (unpaired) electrons. The highest BCUT2D eigenvalue weighted by atomic mass is 19.1. The normalized spacial score (nSPS) is 13.7. The van der Waals surface area contributed by atoms with Crippen LogP contribution in [0.5, 0.6) is 0 Å². The Morgan fingerprint density at radius 1 is 1.19 bits per heavy atom. The van der Waals surface area contributed by atoms with Gasteiger partial charge in [0.25, 0.3) is 5.91 Å². The average molecular weight is 422 g/mol. The molecule has 2 N–H and O–H groups in total. The van der Waals surface area contributed by atoms with Crippen LogP contribution in [0.15, 0.2) is 48.5 Å². The summed E-state index contributed by atoms with van der Waals surface area (Å²) < 4.78 is 15.4. The average Bonchev–Trinajstić information content (AvgIpc) is 3.26. The van der Waals surface area contributed by atoms with E-state index in [1.807, 2.05) is 22.6 Å². The highest BCUT2D eigenvalue weighted by Gasteiger charge is 2.30. The molecule has 0 bridgehead atoms. The number of fused-ring (bicyclic) bond motifs is 1. The Labute approximate surface area is 179 Å². The number of anilines is 1. The van der Waals surface area contributed by atoms with Gasteiger partial charge in [-0.15, -0.1) is 0 Å². The van der Waals surface area contributed by atoms with Crippen LogP contribution in [0.25, 0.3) is 0 Å². The molecule has 160 valence electrons. The van der Waals surface area contributed by atoms with Crippen LogP contribution in [-0.4, -0.2) is 33.3 Å². The van der Waals surface area contributed by atoms with E-state index in [-0.39, 0.29) is 23.3 Å². The molecule has 0 spiro atoms. The van der Waals surface area contributed by atoms with Gasteiger partial charge in [0, 0.05) is 13.1 Å². The Morgan fingerprint density at radius 2 is 1.94 bits per heavy atom. The molecule has 0 fully saturated rings. The van der Waals surface area contributed by atoms with Crippen molar-refractivity contribution in [2.24, 2.45) is 0 Å². The van der Waals surface area contributed by atoms with E-state index < -0.39 is 5.97 Å². The van der Waals surface area contributed by atoms with E-state index in [2.05, 4.69) is 10.4 Å². The van der Waals surface area contributed by atoms with Gasteiger partial charge in [0.15, 0.2) is 0 Å². The molecule has 0 saturated heterocycles. The third kappa shape index (κ3) is 4.14. The van der Waals surface area contributed by atoms with Crippen molar-refractivity contribution in [1.29, 1.82) is 0 Å². The van der Waals surface area contributed by atoms with Crippen LogP contribution in [0.2, 0.25) is 0 Å². The molecule has 0 saturated carbocycles. The zero-order valence-corrected chi connectivity index (χ0v) is 17.3. The van der Waals surface area contributed by atoms with Crippen molar-refractivity contribution in [2.75, 3.05) is 11.4 Å². The Kier molecular flexibility index (Phi) is 5.46. The zero-order valence-electron chi connectivity index (χ0n) is 17.3. The van der Waals surface area contributed by atoms with Gasteiger partial charge in [0.05, 0.1) is 23.8 Å². The van der Waals surface area contributed by atoms with Gasteiger partial charge in [-0.3, -0.25) is 4.79 Å². The molecule has 2 aromatic carbocycles. The molecule has 31 heavy (non-hydrogen) atoms. The fourth-order valence-corrected chi connectivity index (χ4v) is 3.91. The number of hydrogen-bond acceptors (Lipinski definition) is 4. The largest absolute Gasteiger partial charge is 0.478 e. The smallest absolute Gasteiger partial charge is 0.335 e. The number of halogens is 1. The number of carbonyl (C=O) groups excluding carboxylic acids is 1. The number of carboxylic acids is 1. The van der Waals surface area contributed by atoms with Gasteiger partial charge >= 0.3 is 5.97 Å². The first kappa shape index (κ1) is 20.6. The Hall–Kier alpha value is -3.68. The number of aryl methyl sites for hydroxylation is 1. The third-order valence-electron chi connectivity index (χ3n) is 5.48. The predicted molar refractivity (Wildman–Crippen MR) is 114 cm³/mol. The fraction of sp³-hybridized carbons (Fsp3) is 0.261. The zero-order chi connectivity index (χ0) is 22.1. The molecule has 1 atom stereocenters. The molecule has 2 heterocycles. The number of nitrogens with zero attached hydrogens (tertiary/aromatic N) is 3. The van der Waals surface area contributed by atoms with Crippen LogP contribution in [-0.2, 0) is 13.1 Å². The minimum Gasteiger partial charge on any atom is -0.478 e. The first-order chi connectivity index (χ1) is 14.8. The predicted octanol–water partition coefficient (Wildman–Crippen LogP) is 3.54. The summed E-state index contributed by atoms with van der Waals surface area (Å²) in [6.07, 6.45) is 0. The summed E-state index contributed by atoms with van der Waals surface area (Å²) in [6.45, 7) is 5.47. The molecule has 8 heteroatoms. The van der Waals surface area contributed by atoms with Gasteiger partial charge in [-0.05, 0) is 49.2 Å². The van der Waals surface area contributed by atoms with E-state index in [9.17, 15) is 14.0 Å². The van der Waals surface area contributed by atoms with Crippen LogP contribution < -0.4 is 10.2 Å². The van der Waals surface area contributed by atoms with Crippen molar-refractivity contribution in [3.05, 3.63) is 82.3 Å². The Balaban J connectivity index is 1.54. The van der Waals surface area contributed by atoms with Crippen LogP contribution in [0.3, 0.4) is 0 Å². The number of nitrogens with one attached hydrogen (secondary N) is 1. The third-order valence-corrected chi connectivity index (χ3v) is 5.48. The second-order valence-electron chi connectivity index (χ2n) is 7.68. The van der Waals surface area contributed by atoms with Gasteiger partial charge in [-0.1, -0.05) is 24.3 Å².